The zero-order valence-corrected chi connectivity index (χ0v) is 10.8. The van der Waals surface area contributed by atoms with Gasteiger partial charge in [-0.25, -0.2) is 4.98 Å². The highest BCUT2D eigenvalue weighted by Gasteiger charge is 2.12. The molecule has 18 heavy (non-hydrogen) atoms. The van der Waals surface area contributed by atoms with Gasteiger partial charge in [-0.3, -0.25) is 9.78 Å². The molecule has 2 rings (SSSR count). The van der Waals surface area contributed by atoms with E-state index in [1.807, 2.05) is 18.4 Å². The van der Waals surface area contributed by atoms with Gasteiger partial charge in [0.05, 0.1) is 12.4 Å². The Hall–Kier alpha value is -1.95. The monoisotopic (exact) mass is 262 g/mol. The normalized spacial score (nSPS) is 12.1. The van der Waals surface area contributed by atoms with Crippen molar-refractivity contribution < 1.29 is 4.79 Å². The third kappa shape index (κ3) is 3.27. The van der Waals surface area contributed by atoms with E-state index < -0.39 is 0 Å². The summed E-state index contributed by atoms with van der Waals surface area (Å²) in [6.45, 7) is 1.95. The number of amides is 1. The van der Waals surface area contributed by atoms with Crippen molar-refractivity contribution in [2.24, 2.45) is 0 Å². The molecule has 0 bridgehead atoms. The number of hydrogen-bond donors (Lipinski definition) is 2. The lowest BCUT2D eigenvalue weighted by Gasteiger charge is -2.12. The summed E-state index contributed by atoms with van der Waals surface area (Å²) < 4.78 is 0. The molecule has 2 aromatic heterocycles. The van der Waals surface area contributed by atoms with E-state index in [-0.39, 0.29) is 23.5 Å². The highest BCUT2D eigenvalue weighted by molar-refractivity contribution is 7.07. The molecule has 2 aromatic rings. The van der Waals surface area contributed by atoms with Gasteiger partial charge in [-0.2, -0.15) is 11.3 Å². The molecule has 1 amide bonds. The lowest BCUT2D eigenvalue weighted by molar-refractivity contribution is 0.0935. The zero-order valence-electron chi connectivity index (χ0n) is 9.96. The van der Waals surface area contributed by atoms with Crippen LogP contribution in [0.4, 0.5) is 5.82 Å². The van der Waals surface area contributed by atoms with Crippen LogP contribution in [0.25, 0.3) is 0 Å². The first kappa shape index (κ1) is 12.5. The number of nitrogens with two attached hydrogens (primary N) is 1. The molecular formula is C12H14N4OS. The topological polar surface area (TPSA) is 80.9 Å². The van der Waals surface area contributed by atoms with Crippen LogP contribution in [0.3, 0.4) is 0 Å². The molecular weight excluding hydrogens is 248 g/mol. The van der Waals surface area contributed by atoms with Crippen LogP contribution in [0.5, 0.6) is 0 Å². The largest absolute Gasteiger partial charge is 0.382 e. The maximum Gasteiger partial charge on any atom is 0.271 e. The smallest absolute Gasteiger partial charge is 0.271 e. The molecule has 6 heteroatoms. The minimum Gasteiger partial charge on any atom is -0.382 e. The number of nitrogens with one attached hydrogen (secondary N) is 1. The van der Waals surface area contributed by atoms with Gasteiger partial charge in [0.25, 0.3) is 5.91 Å². The van der Waals surface area contributed by atoms with Crippen molar-refractivity contribution in [2.45, 2.75) is 19.4 Å². The van der Waals surface area contributed by atoms with Crippen molar-refractivity contribution in [1.29, 1.82) is 0 Å². The number of aromatic nitrogens is 2. The summed E-state index contributed by atoms with van der Waals surface area (Å²) in [5.41, 5.74) is 6.94. The van der Waals surface area contributed by atoms with Crippen LogP contribution < -0.4 is 11.1 Å². The Morgan fingerprint density at radius 3 is 3.06 bits per heavy atom. The fourth-order valence-corrected chi connectivity index (χ4v) is 2.28. The molecule has 0 spiro atoms. The van der Waals surface area contributed by atoms with Crippen LogP contribution in [0.15, 0.2) is 29.2 Å². The van der Waals surface area contributed by atoms with Gasteiger partial charge in [0, 0.05) is 6.04 Å². The average molecular weight is 262 g/mol. The van der Waals surface area contributed by atoms with E-state index in [1.54, 1.807) is 11.3 Å². The number of nitrogen functional groups attached to an aromatic ring is 1. The first-order valence-electron chi connectivity index (χ1n) is 5.54. The number of hydrogen-bond acceptors (Lipinski definition) is 5. The van der Waals surface area contributed by atoms with E-state index in [0.717, 1.165) is 6.42 Å². The maximum atomic E-state index is 11.9. The Labute approximate surface area is 109 Å². The average Bonchev–Trinajstić information content (AvgIpc) is 2.81. The minimum atomic E-state index is -0.252. The Bertz CT molecular complexity index is 527. The summed E-state index contributed by atoms with van der Waals surface area (Å²) in [4.78, 5) is 19.6. The van der Waals surface area contributed by atoms with E-state index in [9.17, 15) is 4.79 Å². The second kappa shape index (κ2) is 5.59. The Kier molecular flexibility index (Phi) is 3.88. The predicted octanol–water partition coefficient (Wildman–Crippen LogP) is 1.48. The Morgan fingerprint density at radius 1 is 1.56 bits per heavy atom. The number of anilines is 1. The van der Waals surface area contributed by atoms with Crippen molar-refractivity contribution in [3.05, 3.63) is 40.5 Å². The van der Waals surface area contributed by atoms with Crippen molar-refractivity contribution in [3.63, 3.8) is 0 Å². The summed E-state index contributed by atoms with van der Waals surface area (Å²) in [7, 11) is 0. The molecule has 0 fully saturated rings. The van der Waals surface area contributed by atoms with Crippen LogP contribution in [0.2, 0.25) is 0 Å². The zero-order chi connectivity index (χ0) is 13.0. The fraction of sp³-hybridized carbons (Fsp3) is 0.250. The van der Waals surface area contributed by atoms with Crippen molar-refractivity contribution in [1.82, 2.24) is 15.3 Å². The molecule has 0 radical (unpaired) electrons. The van der Waals surface area contributed by atoms with Gasteiger partial charge in [-0.1, -0.05) is 0 Å². The van der Waals surface area contributed by atoms with Crippen LogP contribution in [0, 0.1) is 0 Å². The standard InChI is InChI=1S/C12H14N4OS/c1-8(4-9-2-3-18-7-9)15-12(17)10-5-14-6-11(13)16-10/h2-3,5-8H,4H2,1H3,(H2,13,16)(H,15,17). The summed E-state index contributed by atoms with van der Waals surface area (Å²) in [5, 5.41) is 6.96. The molecule has 2 heterocycles. The second-order valence-electron chi connectivity index (χ2n) is 4.04. The van der Waals surface area contributed by atoms with E-state index in [0.29, 0.717) is 0 Å². The number of rotatable bonds is 4. The first-order valence-corrected chi connectivity index (χ1v) is 6.49. The summed E-state index contributed by atoms with van der Waals surface area (Å²) in [6, 6.07) is 2.09. The molecule has 94 valence electrons. The lowest BCUT2D eigenvalue weighted by atomic mass is 10.1. The maximum absolute atomic E-state index is 11.9. The van der Waals surface area contributed by atoms with Gasteiger partial charge in [0.15, 0.2) is 0 Å². The van der Waals surface area contributed by atoms with Gasteiger partial charge < -0.3 is 11.1 Å². The van der Waals surface area contributed by atoms with Gasteiger partial charge in [-0.05, 0) is 35.7 Å². The molecule has 0 saturated heterocycles. The second-order valence-corrected chi connectivity index (χ2v) is 4.82. The van der Waals surface area contributed by atoms with Crippen LogP contribution in [-0.4, -0.2) is 21.9 Å². The van der Waals surface area contributed by atoms with Crippen molar-refractivity contribution in [2.75, 3.05) is 5.73 Å². The van der Waals surface area contributed by atoms with E-state index in [2.05, 4.69) is 20.7 Å². The molecule has 0 aliphatic carbocycles. The Balaban J connectivity index is 1.95. The quantitative estimate of drug-likeness (QED) is 0.874. The third-order valence-corrected chi connectivity index (χ3v) is 3.12. The molecule has 1 atom stereocenters. The molecule has 3 N–H and O–H groups in total. The highest BCUT2D eigenvalue weighted by Crippen LogP contribution is 2.08. The van der Waals surface area contributed by atoms with Gasteiger partial charge in [0.1, 0.15) is 11.5 Å². The SMILES string of the molecule is CC(Cc1ccsc1)NC(=O)c1cncc(N)n1. The van der Waals surface area contributed by atoms with Crippen molar-refractivity contribution >= 4 is 23.1 Å². The summed E-state index contributed by atoms with van der Waals surface area (Å²) in [6.07, 6.45) is 3.61. The highest BCUT2D eigenvalue weighted by atomic mass is 32.1. The van der Waals surface area contributed by atoms with Crippen LogP contribution >= 0.6 is 11.3 Å². The molecule has 5 nitrogen and oxygen atoms in total. The van der Waals surface area contributed by atoms with E-state index in [4.69, 9.17) is 5.73 Å². The summed E-state index contributed by atoms with van der Waals surface area (Å²) in [5.74, 6) is -0.00864. The lowest BCUT2D eigenvalue weighted by Crippen LogP contribution is -2.34. The number of carbonyl (C=O) groups excluding carboxylic acids is 1. The van der Waals surface area contributed by atoms with Gasteiger partial charge in [0.2, 0.25) is 0 Å². The first-order chi connectivity index (χ1) is 8.65. The van der Waals surface area contributed by atoms with Crippen molar-refractivity contribution in [3.8, 4) is 0 Å². The molecule has 0 aliphatic rings. The summed E-state index contributed by atoms with van der Waals surface area (Å²) >= 11 is 1.65. The van der Waals surface area contributed by atoms with E-state index >= 15 is 0 Å². The molecule has 0 aromatic carbocycles. The van der Waals surface area contributed by atoms with E-state index in [1.165, 1.54) is 18.0 Å². The molecule has 0 saturated carbocycles. The number of nitrogens with zero attached hydrogens (tertiary/aromatic N) is 2. The third-order valence-electron chi connectivity index (χ3n) is 2.39. The Morgan fingerprint density at radius 2 is 2.39 bits per heavy atom. The van der Waals surface area contributed by atoms with Crippen LogP contribution in [-0.2, 0) is 6.42 Å². The van der Waals surface area contributed by atoms with Crippen LogP contribution in [0.1, 0.15) is 23.0 Å². The molecule has 0 aliphatic heterocycles. The fourth-order valence-electron chi connectivity index (χ4n) is 1.60. The molecule has 1 unspecified atom stereocenters. The minimum absolute atomic E-state index is 0.0373. The predicted molar refractivity (Wildman–Crippen MR) is 71.4 cm³/mol. The van der Waals surface area contributed by atoms with Gasteiger partial charge >= 0.3 is 0 Å². The number of thiophene rings is 1. The van der Waals surface area contributed by atoms with Gasteiger partial charge in [-0.15, -0.1) is 0 Å². The number of carbonyl (C=O) groups is 1.